The number of hydrogen-bond acceptors (Lipinski definition) is 3. The lowest BCUT2D eigenvalue weighted by molar-refractivity contribution is 0.0658. The number of hydrogen-bond donors (Lipinski definition) is 1. The quantitative estimate of drug-likeness (QED) is 0.890. The Hall–Kier alpha value is -2.50. The van der Waals surface area contributed by atoms with Gasteiger partial charge in [-0.05, 0) is 24.3 Å². The number of aromatic carboxylic acids is 1. The number of benzene rings is 1. The van der Waals surface area contributed by atoms with Crippen molar-refractivity contribution in [3.63, 3.8) is 0 Å². The van der Waals surface area contributed by atoms with Gasteiger partial charge in [-0.15, -0.1) is 0 Å². The fourth-order valence-corrected chi connectivity index (χ4v) is 1.49. The van der Waals surface area contributed by atoms with Crippen molar-refractivity contribution in [2.24, 2.45) is 0 Å². The van der Waals surface area contributed by atoms with Gasteiger partial charge in [0.05, 0.1) is 0 Å². The molecule has 1 aromatic heterocycles. The minimum atomic E-state index is -1.54. The second kappa shape index (κ2) is 4.40. The lowest BCUT2D eigenvalue weighted by Gasteiger charge is -2.05. The smallest absolute Gasteiger partial charge is 0.372 e. The monoisotopic (exact) mass is 252 g/mol. The zero-order valence-electron chi connectivity index (χ0n) is 8.81. The molecule has 0 spiro atoms. The van der Waals surface area contributed by atoms with E-state index in [1.807, 2.05) is 0 Å². The first-order valence-corrected chi connectivity index (χ1v) is 4.82. The predicted molar refractivity (Wildman–Crippen MR) is 57.3 cm³/mol. The Balaban J connectivity index is 2.74. The molecule has 92 valence electrons. The SMILES string of the molecule is O=C(O)c1oc(=O)ccc1-c1cc(F)ccc1F. The molecule has 0 amide bonds. The van der Waals surface area contributed by atoms with Crippen molar-refractivity contribution >= 4 is 5.97 Å². The fourth-order valence-electron chi connectivity index (χ4n) is 1.49. The van der Waals surface area contributed by atoms with Crippen LogP contribution in [0.5, 0.6) is 0 Å². The molecular formula is C12H6F2O4. The molecule has 2 aromatic rings. The summed E-state index contributed by atoms with van der Waals surface area (Å²) in [6.45, 7) is 0. The van der Waals surface area contributed by atoms with E-state index in [0.717, 1.165) is 30.3 Å². The molecule has 18 heavy (non-hydrogen) atoms. The Labute approximate surface area is 99.1 Å². The van der Waals surface area contributed by atoms with Crippen LogP contribution in [0, 0.1) is 11.6 Å². The van der Waals surface area contributed by atoms with Crippen LogP contribution in [0.25, 0.3) is 11.1 Å². The van der Waals surface area contributed by atoms with E-state index >= 15 is 0 Å². The largest absolute Gasteiger partial charge is 0.475 e. The predicted octanol–water partition coefficient (Wildman–Crippen LogP) is 2.28. The molecule has 0 radical (unpaired) electrons. The maximum Gasteiger partial charge on any atom is 0.372 e. The third-order valence-electron chi connectivity index (χ3n) is 2.25. The zero-order valence-corrected chi connectivity index (χ0v) is 8.81. The molecule has 0 aliphatic carbocycles. The van der Waals surface area contributed by atoms with Crippen molar-refractivity contribution < 1.29 is 23.1 Å². The van der Waals surface area contributed by atoms with Gasteiger partial charge in [-0.2, -0.15) is 0 Å². The first-order chi connectivity index (χ1) is 8.49. The van der Waals surface area contributed by atoms with Gasteiger partial charge in [0.25, 0.3) is 0 Å². The van der Waals surface area contributed by atoms with Crippen LogP contribution < -0.4 is 5.63 Å². The van der Waals surface area contributed by atoms with Gasteiger partial charge in [0.15, 0.2) is 0 Å². The summed E-state index contributed by atoms with van der Waals surface area (Å²) in [5, 5.41) is 8.86. The van der Waals surface area contributed by atoms with E-state index in [-0.39, 0.29) is 11.1 Å². The Kier molecular flexibility index (Phi) is 2.93. The van der Waals surface area contributed by atoms with Gasteiger partial charge in [0, 0.05) is 17.2 Å². The van der Waals surface area contributed by atoms with Crippen LogP contribution in [-0.2, 0) is 0 Å². The summed E-state index contributed by atoms with van der Waals surface area (Å²) >= 11 is 0. The summed E-state index contributed by atoms with van der Waals surface area (Å²) in [6.07, 6.45) is 0. The van der Waals surface area contributed by atoms with Crippen molar-refractivity contribution in [2.45, 2.75) is 0 Å². The number of rotatable bonds is 2. The lowest BCUT2D eigenvalue weighted by Crippen LogP contribution is -2.07. The van der Waals surface area contributed by atoms with Crippen LogP contribution in [-0.4, -0.2) is 11.1 Å². The van der Waals surface area contributed by atoms with Crippen LogP contribution in [0.1, 0.15) is 10.6 Å². The normalized spacial score (nSPS) is 10.3. The number of carboxylic acids is 1. The highest BCUT2D eigenvalue weighted by Crippen LogP contribution is 2.26. The average Bonchev–Trinajstić information content (AvgIpc) is 2.32. The molecular weight excluding hydrogens is 246 g/mol. The van der Waals surface area contributed by atoms with E-state index in [0.29, 0.717) is 0 Å². The van der Waals surface area contributed by atoms with Crippen molar-refractivity contribution in [3.8, 4) is 11.1 Å². The Morgan fingerprint density at radius 3 is 2.50 bits per heavy atom. The molecule has 6 heteroatoms. The Morgan fingerprint density at radius 2 is 1.83 bits per heavy atom. The van der Waals surface area contributed by atoms with E-state index in [2.05, 4.69) is 4.42 Å². The van der Waals surface area contributed by atoms with E-state index < -0.39 is 29.0 Å². The van der Waals surface area contributed by atoms with Gasteiger partial charge in [-0.1, -0.05) is 0 Å². The highest BCUT2D eigenvalue weighted by molar-refractivity contribution is 5.92. The van der Waals surface area contributed by atoms with Gasteiger partial charge in [-0.3, -0.25) is 0 Å². The lowest BCUT2D eigenvalue weighted by atomic mass is 10.0. The zero-order chi connectivity index (χ0) is 13.3. The molecule has 0 saturated heterocycles. The average molecular weight is 252 g/mol. The van der Waals surface area contributed by atoms with Crippen LogP contribution in [0.2, 0.25) is 0 Å². The molecule has 1 N–H and O–H groups in total. The standard InChI is InChI=1S/C12H6F2O4/c13-6-1-3-9(14)8(5-6)7-2-4-10(15)18-11(7)12(16)17/h1-5H,(H,16,17). The van der Waals surface area contributed by atoms with E-state index in [1.54, 1.807) is 0 Å². The molecule has 0 unspecified atom stereocenters. The second-order valence-electron chi connectivity index (χ2n) is 3.43. The van der Waals surface area contributed by atoms with Crippen molar-refractivity contribution in [3.05, 3.63) is 58.1 Å². The molecule has 0 aliphatic rings. The van der Waals surface area contributed by atoms with Gasteiger partial charge in [0.2, 0.25) is 5.76 Å². The molecule has 1 heterocycles. The minimum absolute atomic E-state index is 0.195. The molecule has 0 atom stereocenters. The number of carboxylic acid groups (broad SMARTS) is 1. The van der Waals surface area contributed by atoms with Crippen LogP contribution in [0.15, 0.2) is 39.5 Å². The van der Waals surface area contributed by atoms with E-state index in [9.17, 15) is 18.4 Å². The first-order valence-electron chi connectivity index (χ1n) is 4.82. The van der Waals surface area contributed by atoms with Gasteiger partial charge >= 0.3 is 11.6 Å². The summed E-state index contributed by atoms with van der Waals surface area (Å²) in [7, 11) is 0. The van der Waals surface area contributed by atoms with Crippen molar-refractivity contribution in [1.29, 1.82) is 0 Å². The molecule has 0 bridgehead atoms. The van der Waals surface area contributed by atoms with Gasteiger partial charge in [0.1, 0.15) is 11.6 Å². The van der Waals surface area contributed by atoms with Crippen LogP contribution in [0.3, 0.4) is 0 Å². The maximum atomic E-state index is 13.5. The molecule has 1 aromatic carbocycles. The summed E-state index contributed by atoms with van der Waals surface area (Å²) in [4.78, 5) is 21.8. The highest BCUT2D eigenvalue weighted by atomic mass is 19.1. The van der Waals surface area contributed by atoms with Crippen LogP contribution in [0.4, 0.5) is 8.78 Å². The van der Waals surface area contributed by atoms with Crippen LogP contribution >= 0.6 is 0 Å². The number of carbonyl (C=O) groups is 1. The van der Waals surface area contributed by atoms with Gasteiger partial charge < -0.3 is 9.52 Å². The van der Waals surface area contributed by atoms with Gasteiger partial charge in [-0.25, -0.2) is 18.4 Å². The fraction of sp³-hybridized carbons (Fsp3) is 0. The first kappa shape index (κ1) is 12.0. The minimum Gasteiger partial charge on any atom is -0.475 e. The summed E-state index contributed by atoms with van der Waals surface area (Å²) in [6, 6.07) is 4.61. The molecule has 0 saturated carbocycles. The molecule has 4 nitrogen and oxygen atoms in total. The Morgan fingerprint density at radius 1 is 1.11 bits per heavy atom. The molecule has 2 rings (SSSR count). The summed E-state index contributed by atoms with van der Waals surface area (Å²) < 4.78 is 31.0. The summed E-state index contributed by atoms with van der Waals surface area (Å²) in [5.74, 6) is -3.81. The third kappa shape index (κ3) is 2.13. The number of halogens is 2. The molecule has 0 fully saturated rings. The van der Waals surface area contributed by atoms with E-state index in [1.165, 1.54) is 0 Å². The second-order valence-corrected chi connectivity index (χ2v) is 3.43. The maximum absolute atomic E-state index is 13.5. The van der Waals surface area contributed by atoms with Crippen molar-refractivity contribution in [2.75, 3.05) is 0 Å². The van der Waals surface area contributed by atoms with Crippen molar-refractivity contribution in [1.82, 2.24) is 0 Å². The molecule has 0 aliphatic heterocycles. The highest BCUT2D eigenvalue weighted by Gasteiger charge is 2.18. The summed E-state index contributed by atoms with van der Waals surface area (Å²) in [5.41, 5.74) is -1.36. The third-order valence-corrected chi connectivity index (χ3v) is 2.25. The van der Waals surface area contributed by atoms with E-state index in [4.69, 9.17) is 5.11 Å². The Bertz CT molecular complexity index is 676. The topological polar surface area (TPSA) is 67.5 Å².